The van der Waals surface area contributed by atoms with Crippen LogP contribution in [0.4, 0.5) is 19.0 Å². The summed E-state index contributed by atoms with van der Waals surface area (Å²) in [5.41, 5.74) is 1.35. The number of carbonyl (C=O) groups is 1. The Balaban J connectivity index is 1.32. The van der Waals surface area contributed by atoms with Crippen molar-refractivity contribution in [3.8, 4) is 5.69 Å². The molecule has 1 aromatic carbocycles. The third kappa shape index (κ3) is 4.42. The van der Waals surface area contributed by atoms with E-state index in [4.69, 9.17) is 0 Å². The minimum absolute atomic E-state index is 0.152. The van der Waals surface area contributed by atoms with Gasteiger partial charge in [0.05, 0.1) is 16.9 Å². The molecular weight excluding hydrogens is 433 g/mol. The fourth-order valence-electron chi connectivity index (χ4n) is 4.16. The molecule has 0 bridgehead atoms. The highest BCUT2D eigenvalue weighted by molar-refractivity contribution is 5.93. The molecule has 172 valence electrons. The Labute approximate surface area is 188 Å². The topological polar surface area (TPSA) is 67.2 Å². The largest absolute Gasteiger partial charge is 0.417 e. The first-order valence-corrected chi connectivity index (χ1v) is 11.0. The van der Waals surface area contributed by atoms with Crippen molar-refractivity contribution in [1.82, 2.24) is 24.9 Å². The molecule has 33 heavy (non-hydrogen) atoms. The average molecular weight is 456 g/mol. The zero-order chi connectivity index (χ0) is 23.0. The van der Waals surface area contributed by atoms with Crippen molar-refractivity contribution in [1.29, 1.82) is 0 Å². The Morgan fingerprint density at radius 3 is 2.42 bits per heavy atom. The number of rotatable bonds is 4. The third-order valence-electron chi connectivity index (χ3n) is 6.05. The van der Waals surface area contributed by atoms with Crippen molar-refractivity contribution in [2.45, 2.75) is 31.4 Å². The number of halogens is 3. The maximum atomic E-state index is 13.4. The van der Waals surface area contributed by atoms with E-state index >= 15 is 0 Å². The van der Waals surface area contributed by atoms with Crippen LogP contribution in [0.2, 0.25) is 0 Å². The quantitative estimate of drug-likeness (QED) is 0.596. The van der Waals surface area contributed by atoms with Crippen molar-refractivity contribution < 1.29 is 18.0 Å². The van der Waals surface area contributed by atoms with Crippen LogP contribution in [0.3, 0.4) is 0 Å². The number of pyridine rings is 1. The normalized spacial score (nSPS) is 17.2. The van der Waals surface area contributed by atoms with Crippen molar-refractivity contribution in [2.75, 3.05) is 31.1 Å². The molecule has 2 aliphatic rings. The van der Waals surface area contributed by atoms with Crippen LogP contribution >= 0.6 is 0 Å². The summed E-state index contributed by atoms with van der Waals surface area (Å²) >= 11 is 0. The first kappa shape index (κ1) is 21.4. The molecule has 0 unspecified atom stereocenters. The van der Waals surface area contributed by atoms with Gasteiger partial charge in [-0.2, -0.15) is 13.2 Å². The maximum absolute atomic E-state index is 13.4. The second-order valence-electron chi connectivity index (χ2n) is 8.38. The van der Waals surface area contributed by atoms with Crippen molar-refractivity contribution in [3.05, 3.63) is 65.6 Å². The number of para-hydroxylation sites is 1. The molecule has 1 aliphatic heterocycles. The van der Waals surface area contributed by atoms with Crippen molar-refractivity contribution in [2.24, 2.45) is 0 Å². The molecule has 1 amide bonds. The molecule has 2 aromatic heterocycles. The van der Waals surface area contributed by atoms with Gasteiger partial charge >= 0.3 is 6.18 Å². The second-order valence-corrected chi connectivity index (χ2v) is 8.38. The highest BCUT2D eigenvalue weighted by Crippen LogP contribution is 2.42. The number of carbonyl (C=O) groups excluding carboxylic acids is 1. The summed E-state index contributed by atoms with van der Waals surface area (Å²) in [6.07, 6.45) is -0.862. The van der Waals surface area contributed by atoms with E-state index in [1.54, 1.807) is 9.58 Å². The molecule has 1 aliphatic carbocycles. The molecule has 2 fully saturated rings. The minimum Gasteiger partial charge on any atom is -0.355 e. The lowest BCUT2D eigenvalue weighted by atomic mass is 10.2. The van der Waals surface area contributed by atoms with Crippen LogP contribution < -0.4 is 4.90 Å². The van der Waals surface area contributed by atoms with E-state index in [1.807, 2.05) is 35.2 Å². The van der Waals surface area contributed by atoms with Gasteiger partial charge in [0.25, 0.3) is 5.91 Å². The van der Waals surface area contributed by atoms with E-state index in [0.717, 1.165) is 36.5 Å². The molecular formula is C23H23F3N6O. The first-order chi connectivity index (χ1) is 15.9. The number of aromatic nitrogens is 4. The van der Waals surface area contributed by atoms with E-state index in [-0.39, 0.29) is 11.8 Å². The van der Waals surface area contributed by atoms with Gasteiger partial charge in [-0.15, -0.1) is 5.10 Å². The van der Waals surface area contributed by atoms with Crippen molar-refractivity contribution in [3.63, 3.8) is 0 Å². The number of hydrogen-bond acceptors (Lipinski definition) is 5. The second kappa shape index (κ2) is 8.49. The molecule has 0 N–H and O–H groups in total. The molecule has 10 heteroatoms. The fraction of sp³-hybridized carbons (Fsp3) is 0.391. The Morgan fingerprint density at radius 1 is 0.970 bits per heavy atom. The van der Waals surface area contributed by atoms with Gasteiger partial charge < -0.3 is 9.80 Å². The summed E-state index contributed by atoms with van der Waals surface area (Å²) in [6.45, 7) is 2.06. The van der Waals surface area contributed by atoms with Gasteiger partial charge in [0.15, 0.2) is 5.69 Å². The zero-order valence-corrected chi connectivity index (χ0v) is 17.9. The molecule has 3 aromatic rings. The van der Waals surface area contributed by atoms with Crippen LogP contribution in [-0.4, -0.2) is 57.0 Å². The van der Waals surface area contributed by atoms with Crippen LogP contribution in [-0.2, 0) is 6.18 Å². The smallest absolute Gasteiger partial charge is 0.355 e. The van der Waals surface area contributed by atoms with Crippen LogP contribution in [0.25, 0.3) is 5.69 Å². The van der Waals surface area contributed by atoms with Gasteiger partial charge in [-0.1, -0.05) is 23.4 Å². The number of amides is 1. The summed E-state index contributed by atoms with van der Waals surface area (Å²) in [7, 11) is 0. The SMILES string of the molecule is O=C(c1nnn(-c2ccccc2)c1C1CC1)N1CCCN(c2ccc(C(F)(F)F)cn2)CC1. The van der Waals surface area contributed by atoms with E-state index in [2.05, 4.69) is 15.3 Å². The Bertz CT molecular complexity index is 1130. The van der Waals surface area contributed by atoms with Crippen LogP contribution in [0, 0.1) is 0 Å². The van der Waals surface area contributed by atoms with Crippen molar-refractivity contribution >= 4 is 11.7 Å². The number of hydrogen-bond donors (Lipinski definition) is 0. The van der Waals surface area contributed by atoms with Crippen LogP contribution in [0.5, 0.6) is 0 Å². The van der Waals surface area contributed by atoms with Gasteiger partial charge in [0, 0.05) is 38.3 Å². The van der Waals surface area contributed by atoms with Gasteiger partial charge in [-0.05, 0) is 43.5 Å². The Kier molecular flexibility index (Phi) is 5.51. The summed E-state index contributed by atoms with van der Waals surface area (Å²) in [6, 6.07) is 12.1. The summed E-state index contributed by atoms with van der Waals surface area (Å²) in [4.78, 5) is 21.1. The lowest BCUT2D eigenvalue weighted by molar-refractivity contribution is -0.137. The maximum Gasteiger partial charge on any atom is 0.417 e. The standard InChI is InChI=1S/C23H23F3N6O/c24-23(25,26)17-9-10-19(27-15-17)30-11-4-12-31(14-13-30)22(33)20-21(16-7-8-16)32(29-28-20)18-5-2-1-3-6-18/h1-3,5-6,9-10,15-16H,4,7-8,11-14H2. The van der Waals surface area contributed by atoms with Gasteiger partial charge in [-0.25, -0.2) is 9.67 Å². The predicted molar refractivity (Wildman–Crippen MR) is 115 cm³/mol. The molecule has 1 saturated heterocycles. The van der Waals surface area contributed by atoms with Gasteiger partial charge in [0.2, 0.25) is 0 Å². The van der Waals surface area contributed by atoms with Gasteiger partial charge in [0.1, 0.15) is 5.82 Å². The zero-order valence-electron chi connectivity index (χ0n) is 17.9. The Hall–Kier alpha value is -3.43. The molecule has 0 radical (unpaired) electrons. The lowest BCUT2D eigenvalue weighted by Gasteiger charge is -2.23. The number of benzene rings is 1. The predicted octanol–water partition coefficient (Wildman–Crippen LogP) is 3.91. The molecule has 5 rings (SSSR count). The molecule has 1 saturated carbocycles. The first-order valence-electron chi connectivity index (χ1n) is 11.0. The highest BCUT2D eigenvalue weighted by atomic mass is 19.4. The van der Waals surface area contributed by atoms with E-state index in [1.165, 1.54) is 6.07 Å². The molecule has 0 atom stereocenters. The summed E-state index contributed by atoms with van der Waals surface area (Å²) in [5.74, 6) is 0.603. The fourth-order valence-corrected chi connectivity index (χ4v) is 4.16. The number of anilines is 1. The van der Waals surface area contributed by atoms with Crippen LogP contribution in [0.1, 0.15) is 46.9 Å². The molecule has 7 nitrogen and oxygen atoms in total. The van der Waals surface area contributed by atoms with E-state index in [0.29, 0.717) is 44.1 Å². The van der Waals surface area contributed by atoms with E-state index < -0.39 is 11.7 Å². The molecule has 3 heterocycles. The molecule has 0 spiro atoms. The van der Waals surface area contributed by atoms with Crippen LogP contribution in [0.15, 0.2) is 48.7 Å². The number of nitrogens with zero attached hydrogens (tertiary/aromatic N) is 6. The average Bonchev–Trinajstić information content (AvgIpc) is 3.61. The highest BCUT2D eigenvalue weighted by Gasteiger charge is 2.36. The third-order valence-corrected chi connectivity index (χ3v) is 6.05. The van der Waals surface area contributed by atoms with Gasteiger partial charge in [-0.3, -0.25) is 4.79 Å². The summed E-state index contributed by atoms with van der Waals surface area (Å²) in [5, 5.41) is 8.54. The number of alkyl halides is 3. The van der Waals surface area contributed by atoms with E-state index in [9.17, 15) is 18.0 Å². The monoisotopic (exact) mass is 456 g/mol. The minimum atomic E-state index is -4.41. The lowest BCUT2D eigenvalue weighted by Crippen LogP contribution is -2.36. The summed E-state index contributed by atoms with van der Waals surface area (Å²) < 4.78 is 40.2. The Morgan fingerprint density at radius 2 is 1.76 bits per heavy atom.